The van der Waals surface area contributed by atoms with Crippen LogP contribution >= 0.6 is 0 Å². The Morgan fingerprint density at radius 3 is 2.75 bits per heavy atom. The molecule has 11 heteroatoms. The summed E-state index contributed by atoms with van der Waals surface area (Å²) in [6.07, 6.45) is 4.78. The van der Waals surface area contributed by atoms with E-state index in [0.29, 0.717) is 55.7 Å². The van der Waals surface area contributed by atoms with Gasteiger partial charge in [0, 0.05) is 31.9 Å². The smallest absolute Gasteiger partial charge is 0.355 e. The lowest BCUT2D eigenvalue weighted by molar-refractivity contribution is -0.128. The first kappa shape index (κ1) is 29.4. The zero-order valence-corrected chi connectivity index (χ0v) is 25.0. The average Bonchev–Trinajstić information content (AvgIpc) is 3.01. The number of amides is 1. The van der Waals surface area contributed by atoms with Crippen LogP contribution in [0.5, 0.6) is 5.75 Å². The van der Waals surface area contributed by atoms with E-state index in [0.717, 1.165) is 5.56 Å². The van der Waals surface area contributed by atoms with Gasteiger partial charge >= 0.3 is 5.69 Å². The number of aromatic nitrogens is 4. The van der Waals surface area contributed by atoms with Crippen molar-refractivity contribution in [2.45, 2.75) is 52.0 Å². The summed E-state index contributed by atoms with van der Waals surface area (Å²) in [5.41, 5.74) is 1.22. The number of carbonyl (C=O) groups excluding carboxylic acids is 1. The lowest BCUT2D eigenvalue weighted by Crippen LogP contribution is -2.55. The van der Waals surface area contributed by atoms with Gasteiger partial charge in [0.05, 0.1) is 28.9 Å². The van der Waals surface area contributed by atoms with Crippen molar-refractivity contribution in [1.29, 1.82) is 0 Å². The molecule has 1 fully saturated rings. The van der Waals surface area contributed by atoms with Crippen LogP contribution in [0.15, 0.2) is 54.0 Å². The van der Waals surface area contributed by atoms with Crippen molar-refractivity contribution in [2.75, 3.05) is 31.1 Å². The van der Waals surface area contributed by atoms with Crippen LogP contribution in [-0.4, -0.2) is 62.6 Å². The molecule has 6 rings (SSSR count). The van der Waals surface area contributed by atoms with Crippen molar-refractivity contribution in [2.24, 2.45) is 0 Å². The average molecular weight is 601 g/mol. The summed E-state index contributed by atoms with van der Waals surface area (Å²) in [6, 6.07) is 7.29. The maximum Gasteiger partial charge on any atom is 0.355 e. The molecule has 44 heavy (non-hydrogen) atoms. The predicted molar refractivity (Wildman–Crippen MR) is 164 cm³/mol. The third kappa shape index (κ3) is 4.99. The molecule has 1 amide bonds. The minimum Gasteiger partial charge on any atom is -0.493 e. The van der Waals surface area contributed by atoms with Crippen molar-refractivity contribution in [3.05, 3.63) is 82.6 Å². The van der Waals surface area contributed by atoms with Gasteiger partial charge in [0.15, 0.2) is 11.5 Å². The summed E-state index contributed by atoms with van der Waals surface area (Å²) < 4.78 is 38.9. The summed E-state index contributed by atoms with van der Waals surface area (Å²) in [4.78, 5) is 44.2. The zero-order valence-electron chi connectivity index (χ0n) is 25.0. The topological polar surface area (TPSA) is 93.5 Å². The Labute approximate surface area is 253 Å². The molecule has 0 radical (unpaired) electrons. The van der Waals surface area contributed by atoms with Crippen molar-refractivity contribution in [3.8, 4) is 22.7 Å². The molecule has 1 atom stereocenters. The number of benzene rings is 1. The van der Waals surface area contributed by atoms with Crippen LogP contribution in [-0.2, 0) is 11.2 Å². The van der Waals surface area contributed by atoms with Gasteiger partial charge < -0.3 is 14.5 Å². The molecule has 2 bridgehead atoms. The number of carbonyl (C=O) groups is 1. The summed E-state index contributed by atoms with van der Waals surface area (Å²) in [7, 11) is 0. The van der Waals surface area contributed by atoms with E-state index in [1.807, 2.05) is 31.7 Å². The van der Waals surface area contributed by atoms with Gasteiger partial charge in [-0.1, -0.05) is 33.4 Å². The van der Waals surface area contributed by atoms with E-state index >= 15 is 8.78 Å². The molecule has 2 aliphatic rings. The van der Waals surface area contributed by atoms with Crippen molar-refractivity contribution < 1.29 is 18.3 Å². The van der Waals surface area contributed by atoms with Crippen LogP contribution < -0.4 is 15.3 Å². The summed E-state index contributed by atoms with van der Waals surface area (Å²) in [6.45, 7) is 10.9. The number of halogens is 2. The fourth-order valence-corrected chi connectivity index (χ4v) is 6.22. The molecule has 4 aromatic rings. The normalized spacial score (nSPS) is 16.6. The molecular formula is C33H34F2N6O3. The van der Waals surface area contributed by atoms with Gasteiger partial charge in [0.25, 0.3) is 0 Å². The fourth-order valence-electron chi connectivity index (χ4n) is 6.22. The second-order valence-corrected chi connectivity index (χ2v) is 11.4. The van der Waals surface area contributed by atoms with E-state index in [4.69, 9.17) is 9.72 Å². The number of aryl methyl sites for hydroxylation is 1. The quantitative estimate of drug-likeness (QED) is 0.298. The van der Waals surface area contributed by atoms with Gasteiger partial charge in [-0.15, -0.1) is 0 Å². The highest BCUT2D eigenvalue weighted by Crippen LogP contribution is 2.38. The third-order valence-electron chi connectivity index (χ3n) is 8.38. The lowest BCUT2D eigenvalue weighted by Gasteiger charge is -2.41. The Morgan fingerprint density at radius 1 is 1.18 bits per heavy atom. The van der Waals surface area contributed by atoms with Crippen LogP contribution in [0, 0.1) is 11.6 Å². The maximum absolute atomic E-state index is 16.2. The van der Waals surface area contributed by atoms with Gasteiger partial charge in [0.2, 0.25) is 5.91 Å². The minimum atomic E-state index is -0.777. The monoisotopic (exact) mass is 600 g/mol. The highest BCUT2D eigenvalue weighted by Gasteiger charge is 2.32. The number of nitrogens with zero attached hydrogens (tertiary/aromatic N) is 6. The van der Waals surface area contributed by atoms with Gasteiger partial charge in [-0.3, -0.25) is 9.78 Å². The van der Waals surface area contributed by atoms with E-state index in [2.05, 4.69) is 16.5 Å². The fraction of sp³-hybridized carbons (Fsp3) is 0.364. The van der Waals surface area contributed by atoms with E-state index in [1.54, 1.807) is 17.2 Å². The van der Waals surface area contributed by atoms with E-state index in [1.165, 1.54) is 28.8 Å². The lowest BCUT2D eigenvalue weighted by atomic mass is 10.0. The number of anilines is 1. The molecule has 228 valence electrons. The highest BCUT2D eigenvalue weighted by molar-refractivity contribution is 5.91. The molecule has 3 aromatic heterocycles. The molecular weight excluding hydrogens is 566 g/mol. The molecule has 0 saturated carbocycles. The molecule has 1 saturated heterocycles. The van der Waals surface area contributed by atoms with Gasteiger partial charge in [-0.2, -0.15) is 4.98 Å². The number of ether oxygens (including phenoxy) is 1. The molecule has 9 nitrogen and oxygen atoms in total. The Hall–Kier alpha value is -4.67. The van der Waals surface area contributed by atoms with Gasteiger partial charge in [0.1, 0.15) is 23.1 Å². The van der Waals surface area contributed by atoms with Gasteiger partial charge in [-0.05, 0) is 61.1 Å². The van der Waals surface area contributed by atoms with Crippen LogP contribution in [0.2, 0.25) is 0 Å². The van der Waals surface area contributed by atoms with E-state index in [9.17, 15) is 9.59 Å². The molecule has 0 unspecified atom stereocenters. The second kappa shape index (κ2) is 11.8. The predicted octanol–water partition coefficient (Wildman–Crippen LogP) is 5.18. The summed E-state index contributed by atoms with van der Waals surface area (Å²) in [5.74, 6) is -1.26. The van der Waals surface area contributed by atoms with Crippen molar-refractivity contribution >= 4 is 22.8 Å². The first-order chi connectivity index (χ1) is 21.2. The standard InChI is InChI=1S/C33H34F2N6O3/c1-5-21-18-39(14-15-40(21)26(42)6-2)31-22-17-24(35)29-27-23(34)10-7-11-25(27)44-16-8-9-20-12-13-36-28(19(3)4)30(20)41(32(22)37-29)33(43)38-31/h6-7,10-13,17,19,21H,2,5,8-9,14-16,18H2,1,3-4H3/t21-/m0/s1. The maximum atomic E-state index is 16.2. The van der Waals surface area contributed by atoms with Crippen LogP contribution in [0.3, 0.4) is 0 Å². The van der Waals surface area contributed by atoms with Crippen LogP contribution in [0.4, 0.5) is 14.6 Å². The number of fused-ring (bicyclic) bond motifs is 5. The zero-order chi connectivity index (χ0) is 31.1. The molecule has 0 N–H and O–H groups in total. The first-order valence-electron chi connectivity index (χ1n) is 14.9. The molecule has 1 aromatic carbocycles. The Kier molecular flexibility index (Phi) is 7.87. The number of pyridine rings is 2. The molecule has 2 aliphatic heterocycles. The third-order valence-corrected chi connectivity index (χ3v) is 8.38. The van der Waals surface area contributed by atoms with Crippen LogP contribution in [0.1, 0.15) is 50.8 Å². The number of hydrogen-bond donors (Lipinski definition) is 0. The molecule has 5 heterocycles. The Balaban J connectivity index is 1.67. The Morgan fingerprint density at radius 2 is 2.00 bits per heavy atom. The van der Waals surface area contributed by atoms with Crippen molar-refractivity contribution in [1.82, 2.24) is 24.4 Å². The first-order valence-corrected chi connectivity index (χ1v) is 14.9. The number of rotatable bonds is 4. The second-order valence-electron chi connectivity index (χ2n) is 11.4. The van der Waals surface area contributed by atoms with Gasteiger partial charge in [-0.25, -0.2) is 23.1 Å². The van der Waals surface area contributed by atoms with Crippen molar-refractivity contribution in [3.63, 3.8) is 0 Å². The summed E-state index contributed by atoms with van der Waals surface area (Å²) in [5, 5.41) is 0.296. The number of hydrogen-bond acceptors (Lipinski definition) is 7. The number of piperazine rings is 1. The minimum absolute atomic E-state index is 0.0605. The molecule has 0 aliphatic carbocycles. The summed E-state index contributed by atoms with van der Waals surface area (Å²) >= 11 is 0. The SMILES string of the molecule is C=CC(=O)N1CCN(c2nc(=O)n3c4nc(c(F)cc24)-c2c(F)cccc2OCCCc2ccnc(C(C)C)c2-3)C[C@@H]1CC. The molecule has 0 spiro atoms. The largest absolute Gasteiger partial charge is 0.493 e. The Bertz CT molecular complexity index is 1840. The highest BCUT2D eigenvalue weighted by atomic mass is 19.1. The van der Waals surface area contributed by atoms with Crippen LogP contribution in [0.25, 0.3) is 28.0 Å². The van der Waals surface area contributed by atoms with E-state index < -0.39 is 17.3 Å². The van der Waals surface area contributed by atoms with E-state index in [-0.39, 0.29) is 52.9 Å².